The van der Waals surface area contributed by atoms with Gasteiger partial charge >= 0.3 is 0 Å². The van der Waals surface area contributed by atoms with Crippen molar-refractivity contribution in [2.45, 2.75) is 68.7 Å². The van der Waals surface area contributed by atoms with Gasteiger partial charge in [0.15, 0.2) is 0 Å². The van der Waals surface area contributed by atoms with Crippen LogP contribution in [-0.2, 0) is 0 Å². The number of aromatic nitrogens is 2. The van der Waals surface area contributed by atoms with Crippen LogP contribution in [-0.4, -0.2) is 9.97 Å². The molecule has 0 aliphatic heterocycles. The number of rotatable bonds is 2. The molecule has 0 saturated carbocycles. The topological polar surface area (TPSA) is 28.7 Å². The Hall–Kier alpha value is -1.05. The first kappa shape index (κ1) is 21.3. The fraction of sp³-hybridized carbons (Fsp3) is 0.667. The van der Waals surface area contributed by atoms with E-state index in [1.54, 1.807) is 0 Å². The third-order valence-corrected chi connectivity index (χ3v) is 1.55. The summed E-state index contributed by atoms with van der Waals surface area (Å²) in [7, 11) is 0. The molecule has 2 heteroatoms. The SMILES string of the molecule is CC.CC.CC.CC/C=C\c1nc(C)[nH]c1C. The molecule has 0 aromatic carbocycles. The van der Waals surface area contributed by atoms with E-state index in [4.69, 9.17) is 0 Å². The fourth-order valence-electron chi connectivity index (χ4n) is 1.02. The lowest BCUT2D eigenvalue weighted by Crippen LogP contribution is -1.74. The monoisotopic (exact) mass is 240 g/mol. The highest BCUT2D eigenvalue weighted by molar-refractivity contribution is 5.47. The van der Waals surface area contributed by atoms with Crippen LogP contribution in [0.4, 0.5) is 0 Å². The zero-order chi connectivity index (χ0) is 14.3. The van der Waals surface area contributed by atoms with Crippen LogP contribution in [0.2, 0.25) is 0 Å². The van der Waals surface area contributed by atoms with Crippen molar-refractivity contribution in [3.8, 4) is 0 Å². The Morgan fingerprint density at radius 2 is 1.47 bits per heavy atom. The molecule has 1 heterocycles. The van der Waals surface area contributed by atoms with Crippen LogP contribution in [0, 0.1) is 13.8 Å². The first-order valence-electron chi connectivity index (χ1n) is 6.93. The molecule has 0 fully saturated rings. The van der Waals surface area contributed by atoms with Crippen LogP contribution in [0.25, 0.3) is 6.08 Å². The summed E-state index contributed by atoms with van der Waals surface area (Å²) in [6, 6.07) is 0. The van der Waals surface area contributed by atoms with E-state index in [1.807, 2.05) is 55.4 Å². The Balaban J connectivity index is -0.000000285. The van der Waals surface area contributed by atoms with Crippen LogP contribution >= 0.6 is 0 Å². The predicted molar refractivity (Wildman–Crippen MR) is 81.4 cm³/mol. The molecule has 2 nitrogen and oxygen atoms in total. The summed E-state index contributed by atoms with van der Waals surface area (Å²) < 4.78 is 0. The summed E-state index contributed by atoms with van der Waals surface area (Å²) in [5.41, 5.74) is 2.21. The second kappa shape index (κ2) is 17.3. The minimum Gasteiger partial charge on any atom is -0.346 e. The van der Waals surface area contributed by atoms with Gasteiger partial charge in [0.25, 0.3) is 0 Å². The van der Waals surface area contributed by atoms with Gasteiger partial charge in [-0.25, -0.2) is 4.98 Å². The molecule has 0 unspecified atom stereocenters. The van der Waals surface area contributed by atoms with Crippen LogP contribution in [0.3, 0.4) is 0 Å². The highest BCUT2D eigenvalue weighted by Gasteiger charge is 1.97. The molecule has 0 bridgehead atoms. The van der Waals surface area contributed by atoms with Gasteiger partial charge in [0, 0.05) is 5.69 Å². The zero-order valence-electron chi connectivity index (χ0n) is 13.3. The number of imidazole rings is 1. The maximum absolute atomic E-state index is 4.31. The van der Waals surface area contributed by atoms with Crippen molar-refractivity contribution in [2.75, 3.05) is 0 Å². The first-order chi connectivity index (χ1) is 8.24. The molecule has 1 rings (SSSR count). The van der Waals surface area contributed by atoms with Crippen molar-refractivity contribution in [3.05, 3.63) is 23.3 Å². The quantitative estimate of drug-likeness (QED) is 0.723. The summed E-state index contributed by atoms with van der Waals surface area (Å²) >= 11 is 0. The van der Waals surface area contributed by atoms with Gasteiger partial charge in [0.1, 0.15) is 5.82 Å². The highest BCUT2D eigenvalue weighted by atomic mass is 14.9. The van der Waals surface area contributed by atoms with Gasteiger partial charge < -0.3 is 4.98 Å². The number of H-pyrrole nitrogens is 1. The summed E-state index contributed by atoms with van der Waals surface area (Å²) in [5.74, 6) is 0.984. The molecular weight excluding hydrogens is 208 g/mol. The zero-order valence-corrected chi connectivity index (χ0v) is 13.3. The Kier molecular flexibility index (Phi) is 21.7. The Bertz CT molecular complexity index is 260. The van der Waals surface area contributed by atoms with Crippen molar-refractivity contribution < 1.29 is 0 Å². The molecule has 0 aliphatic rings. The van der Waals surface area contributed by atoms with Gasteiger partial charge in [-0.1, -0.05) is 54.5 Å². The van der Waals surface area contributed by atoms with Crippen LogP contribution in [0.5, 0.6) is 0 Å². The number of aromatic amines is 1. The van der Waals surface area contributed by atoms with Crippen molar-refractivity contribution in [3.63, 3.8) is 0 Å². The molecule has 1 N–H and O–H groups in total. The minimum atomic E-state index is 0.984. The third kappa shape index (κ3) is 11.2. The molecule has 1 aromatic rings. The van der Waals surface area contributed by atoms with E-state index in [0.717, 1.165) is 23.6 Å². The molecular formula is C15H32N2. The molecule has 0 amide bonds. The Labute approximate surface area is 109 Å². The van der Waals surface area contributed by atoms with Crippen molar-refractivity contribution in [1.82, 2.24) is 9.97 Å². The molecule has 17 heavy (non-hydrogen) atoms. The summed E-state index contributed by atoms with van der Waals surface area (Å²) in [5, 5.41) is 0. The molecule has 0 radical (unpaired) electrons. The summed E-state index contributed by atoms with van der Waals surface area (Å²) in [6.07, 6.45) is 5.23. The van der Waals surface area contributed by atoms with E-state index in [-0.39, 0.29) is 0 Å². The lowest BCUT2D eigenvalue weighted by molar-refractivity contribution is 1.13. The van der Waals surface area contributed by atoms with E-state index in [2.05, 4.69) is 29.0 Å². The average molecular weight is 240 g/mol. The fourth-order valence-corrected chi connectivity index (χ4v) is 1.02. The number of nitrogens with one attached hydrogen (secondary N) is 1. The van der Waals surface area contributed by atoms with E-state index >= 15 is 0 Å². The molecule has 0 spiro atoms. The van der Waals surface area contributed by atoms with Gasteiger partial charge in [-0.15, -0.1) is 0 Å². The normalized spacial score (nSPS) is 8.29. The molecule has 0 saturated heterocycles. The second-order valence-corrected chi connectivity index (χ2v) is 2.64. The lowest BCUT2D eigenvalue weighted by Gasteiger charge is -1.85. The highest BCUT2D eigenvalue weighted by Crippen LogP contribution is 2.06. The summed E-state index contributed by atoms with van der Waals surface area (Å²) in [6.45, 7) is 18.1. The van der Waals surface area contributed by atoms with Gasteiger partial charge in [-0.05, 0) is 26.3 Å². The van der Waals surface area contributed by atoms with E-state index < -0.39 is 0 Å². The molecule has 1 aromatic heterocycles. The predicted octanol–water partition coefficient (Wildman–Crippen LogP) is 5.53. The molecule has 0 atom stereocenters. The lowest BCUT2D eigenvalue weighted by atomic mass is 10.3. The number of nitrogens with zero attached hydrogens (tertiary/aromatic N) is 1. The third-order valence-electron chi connectivity index (χ3n) is 1.55. The standard InChI is InChI=1S/C9H14N2.3C2H6/c1-4-5-6-9-7(2)10-8(3)11-9;3*1-2/h5-6H,4H2,1-3H3,(H,10,11);3*1-2H3/b6-5-;;;. The second-order valence-electron chi connectivity index (χ2n) is 2.64. The van der Waals surface area contributed by atoms with Crippen molar-refractivity contribution in [1.29, 1.82) is 0 Å². The maximum atomic E-state index is 4.31. The van der Waals surface area contributed by atoms with Gasteiger partial charge in [0.05, 0.1) is 5.69 Å². The molecule has 0 aliphatic carbocycles. The van der Waals surface area contributed by atoms with E-state index in [0.29, 0.717) is 0 Å². The maximum Gasteiger partial charge on any atom is 0.103 e. The minimum absolute atomic E-state index is 0.984. The van der Waals surface area contributed by atoms with Gasteiger partial charge in [0.2, 0.25) is 0 Å². The van der Waals surface area contributed by atoms with Crippen LogP contribution in [0.1, 0.15) is 72.1 Å². The van der Waals surface area contributed by atoms with Gasteiger partial charge in [-0.2, -0.15) is 0 Å². The number of hydrogen-bond acceptors (Lipinski definition) is 1. The van der Waals surface area contributed by atoms with Crippen LogP contribution in [0.15, 0.2) is 6.08 Å². The Morgan fingerprint density at radius 1 is 1.00 bits per heavy atom. The largest absolute Gasteiger partial charge is 0.346 e. The van der Waals surface area contributed by atoms with Gasteiger partial charge in [-0.3, -0.25) is 0 Å². The van der Waals surface area contributed by atoms with Crippen molar-refractivity contribution in [2.24, 2.45) is 0 Å². The van der Waals surface area contributed by atoms with E-state index in [9.17, 15) is 0 Å². The van der Waals surface area contributed by atoms with Crippen LogP contribution < -0.4 is 0 Å². The van der Waals surface area contributed by atoms with E-state index in [1.165, 1.54) is 0 Å². The first-order valence-corrected chi connectivity index (χ1v) is 6.93. The average Bonchev–Trinajstić information content (AvgIpc) is 2.72. The number of allylic oxidation sites excluding steroid dienone is 1. The number of hydrogen-bond donors (Lipinski definition) is 1. The van der Waals surface area contributed by atoms with Crippen molar-refractivity contribution >= 4 is 6.08 Å². The smallest absolute Gasteiger partial charge is 0.103 e. The molecule has 102 valence electrons. The number of aryl methyl sites for hydroxylation is 2. The Morgan fingerprint density at radius 3 is 1.76 bits per heavy atom. The summed E-state index contributed by atoms with van der Waals surface area (Å²) in [4.78, 5) is 7.46.